The Morgan fingerprint density at radius 3 is 2.20 bits per heavy atom. The molecule has 244 valence electrons. The van der Waals surface area contributed by atoms with Gasteiger partial charge in [0, 0.05) is 24.2 Å². The number of nitrogens with zero attached hydrogens (tertiary/aromatic N) is 2. The van der Waals surface area contributed by atoms with Crippen LogP contribution in [0.2, 0.25) is 0 Å². The van der Waals surface area contributed by atoms with Crippen LogP contribution in [0.25, 0.3) is 0 Å². The molecule has 2 heterocycles. The van der Waals surface area contributed by atoms with E-state index >= 15 is 0 Å². The van der Waals surface area contributed by atoms with Crippen LogP contribution in [0.3, 0.4) is 0 Å². The van der Waals surface area contributed by atoms with E-state index in [1.165, 1.54) is 42.4 Å². The highest BCUT2D eigenvalue weighted by Gasteiger charge is 2.73. The fraction of sp³-hybridized carbons (Fsp3) is 0.512. The second kappa shape index (κ2) is 13.5. The van der Waals surface area contributed by atoms with Crippen molar-refractivity contribution in [1.82, 2.24) is 9.80 Å². The van der Waals surface area contributed by atoms with E-state index in [1.807, 2.05) is 12.1 Å². The third kappa shape index (κ3) is 5.59. The van der Waals surface area contributed by atoms with Crippen molar-refractivity contribution in [2.45, 2.75) is 106 Å². The molecule has 2 aliphatic heterocycles. The summed E-state index contributed by atoms with van der Waals surface area (Å²) >= 11 is 0. The Labute approximate surface area is 275 Å². The minimum atomic E-state index is -0.877. The first-order valence-electron chi connectivity index (χ1n) is 18.0. The van der Waals surface area contributed by atoms with Crippen LogP contribution in [0.15, 0.2) is 85.5 Å². The first-order chi connectivity index (χ1) is 22.5. The van der Waals surface area contributed by atoms with Gasteiger partial charge in [-0.3, -0.25) is 9.80 Å². The van der Waals surface area contributed by atoms with Gasteiger partial charge in [0.05, 0.1) is 11.0 Å². The van der Waals surface area contributed by atoms with E-state index in [1.54, 1.807) is 0 Å². The van der Waals surface area contributed by atoms with Crippen molar-refractivity contribution < 1.29 is 14.9 Å². The first kappa shape index (κ1) is 31.5. The van der Waals surface area contributed by atoms with Gasteiger partial charge in [-0.15, -0.1) is 6.58 Å². The number of hydrogen-bond donors (Lipinski definition) is 2. The van der Waals surface area contributed by atoms with Crippen molar-refractivity contribution in [3.8, 4) is 11.5 Å². The smallest absolute Gasteiger partial charge is 0.165 e. The Morgan fingerprint density at radius 2 is 1.50 bits per heavy atom. The third-order valence-electron chi connectivity index (χ3n) is 11.9. The summed E-state index contributed by atoms with van der Waals surface area (Å²) in [7, 11) is 0. The Morgan fingerprint density at radius 1 is 0.848 bits per heavy atom. The number of piperidine rings is 1. The zero-order valence-corrected chi connectivity index (χ0v) is 27.5. The summed E-state index contributed by atoms with van der Waals surface area (Å²) in [6.07, 6.45) is 14.6. The number of benzene rings is 3. The number of aliphatic hydroxyl groups is 1. The first-order valence-corrected chi connectivity index (χ1v) is 18.0. The Bertz CT molecular complexity index is 1480. The number of aryl methyl sites for hydroxylation is 2. The maximum atomic E-state index is 12.9. The lowest BCUT2D eigenvalue weighted by Crippen LogP contribution is -2.78. The fourth-order valence-corrected chi connectivity index (χ4v) is 9.74. The molecule has 2 aliphatic carbocycles. The van der Waals surface area contributed by atoms with Gasteiger partial charge in [0.15, 0.2) is 11.5 Å². The zero-order valence-electron chi connectivity index (χ0n) is 27.5. The molecule has 1 saturated heterocycles. The molecule has 2 bridgehead atoms. The molecule has 3 aromatic carbocycles. The largest absolute Gasteiger partial charge is 0.504 e. The molecule has 7 rings (SSSR count). The number of rotatable bonds is 15. The number of likely N-dealkylation sites (tertiary alicyclic amines) is 1. The summed E-state index contributed by atoms with van der Waals surface area (Å²) in [5.41, 5.74) is 3.83. The topological polar surface area (TPSA) is 56.2 Å². The van der Waals surface area contributed by atoms with Crippen molar-refractivity contribution in [2.24, 2.45) is 0 Å². The van der Waals surface area contributed by atoms with E-state index in [0.29, 0.717) is 5.75 Å². The van der Waals surface area contributed by atoms with Gasteiger partial charge in [0.1, 0.15) is 6.10 Å². The van der Waals surface area contributed by atoms with Gasteiger partial charge in [-0.25, -0.2) is 0 Å². The molecule has 5 atom stereocenters. The van der Waals surface area contributed by atoms with E-state index in [9.17, 15) is 10.2 Å². The van der Waals surface area contributed by atoms with Crippen LogP contribution in [0.5, 0.6) is 11.5 Å². The monoisotopic (exact) mass is 620 g/mol. The molecule has 1 spiro atoms. The van der Waals surface area contributed by atoms with Crippen LogP contribution >= 0.6 is 0 Å². The Balaban J connectivity index is 1.10. The van der Waals surface area contributed by atoms with Gasteiger partial charge in [0.2, 0.25) is 0 Å². The number of phenols is 1. The van der Waals surface area contributed by atoms with Crippen molar-refractivity contribution >= 4 is 0 Å². The average Bonchev–Trinajstić information content (AvgIpc) is 3.43. The Kier molecular flexibility index (Phi) is 9.27. The van der Waals surface area contributed by atoms with Gasteiger partial charge >= 0.3 is 0 Å². The predicted molar refractivity (Wildman–Crippen MR) is 186 cm³/mol. The molecular formula is C41H52N2O3. The molecule has 2 fully saturated rings. The van der Waals surface area contributed by atoms with Crippen LogP contribution in [0.4, 0.5) is 0 Å². The molecule has 1 saturated carbocycles. The van der Waals surface area contributed by atoms with E-state index in [0.717, 1.165) is 83.1 Å². The van der Waals surface area contributed by atoms with Crippen molar-refractivity contribution in [3.05, 3.63) is 108 Å². The molecular weight excluding hydrogens is 568 g/mol. The lowest BCUT2D eigenvalue weighted by molar-refractivity contribution is -0.198. The summed E-state index contributed by atoms with van der Waals surface area (Å²) in [5, 5.41) is 23.9. The average molecular weight is 621 g/mol. The molecule has 4 aliphatic rings. The molecule has 0 unspecified atom stereocenters. The second-order valence-electron chi connectivity index (χ2n) is 14.4. The van der Waals surface area contributed by atoms with Gasteiger partial charge < -0.3 is 14.9 Å². The number of aromatic hydroxyl groups is 1. The van der Waals surface area contributed by atoms with E-state index in [4.69, 9.17) is 4.74 Å². The molecule has 3 aromatic rings. The minimum Gasteiger partial charge on any atom is -0.504 e. The quantitative estimate of drug-likeness (QED) is 0.139. The minimum absolute atomic E-state index is 0.0400. The summed E-state index contributed by atoms with van der Waals surface area (Å²) < 4.78 is 6.94. The molecule has 5 nitrogen and oxygen atoms in total. The van der Waals surface area contributed by atoms with E-state index < -0.39 is 11.0 Å². The lowest BCUT2D eigenvalue weighted by Gasteiger charge is -2.65. The summed E-state index contributed by atoms with van der Waals surface area (Å²) in [5.74, 6) is 0.872. The Hall–Kier alpha value is -3.12. The van der Waals surface area contributed by atoms with Crippen LogP contribution in [0.1, 0.15) is 80.0 Å². The fourth-order valence-electron chi connectivity index (χ4n) is 9.74. The number of ether oxygens (including phenoxy) is 1. The molecule has 5 heteroatoms. The van der Waals surface area contributed by atoms with Crippen molar-refractivity contribution in [3.63, 3.8) is 0 Å². The van der Waals surface area contributed by atoms with E-state index in [2.05, 4.69) is 83.1 Å². The van der Waals surface area contributed by atoms with Gasteiger partial charge in [-0.05, 0) is 107 Å². The highest BCUT2D eigenvalue weighted by molar-refractivity contribution is 5.62. The predicted octanol–water partition coefficient (Wildman–Crippen LogP) is 7.23. The maximum absolute atomic E-state index is 12.9. The number of phenolic OH excluding ortho intramolecular Hbond substituents is 1. The molecule has 0 amide bonds. The van der Waals surface area contributed by atoms with Crippen molar-refractivity contribution in [1.29, 1.82) is 0 Å². The standard InChI is InChI=1S/C41H52N2O3/c1-2-26-43-29-25-40-37-33-21-22-35(44)38(37)46-39(40)34(23-24-41(40,45)36(43)30-33)42(28-14-12-20-32-18-10-6-11-19-32)27-13-4-3-7-15-31-16-8-5-9-17-31/h2,5-6,8-11,16-19,21-22,34,36,39,44-45H,1,3-4,7,12-15,20,23-30H2/t34-,36-,39+,40+,41-/m1/s1. The van der Waals surface area contributed by atoms with Crippen LogP contribution < -0.4 is 4.74 Å². The molecule has 46 heavy (non-hydrogen) atoms. The SMILES string of the molecule is C=CCN1CC[C@]23c4c5ccc(O)c4O[C@H]2[C@H](N(CCCCCCc2ccccc2)CCCCc2ccccc2)CC[C@@]3(O)[C@H]1C5. The van der Waals surface area contributed by atoms with Gasteiger partial charge in [-0.1, -0.05) is 85.6 Å². The summed E-state index contributed by atoms with van der Waals surface area (Å²) in [6.45, 7) is 7.83. The summed E-state index contributed by atoms with van der Waals surface area (Å²) in [6, 6.07) is 25.8. The zero-order chi connectivity index (χ0) is 31.6. The molecule has 2 N–H and O–H groups in total. The molecule has 0 radical (unpaired) electrons. The van der Waals surface area contributed by atoms with Gasteiger partial charge in [-0.2, -0.15) is 0 Å². The maximum Gasteiger partial charge on any atom is 0.165 e. The van der Waals surface area contributed by atoms with Gasteiger partial charge in [0.25, 0.3) is 0 Å². The van der Waals surface area contributed by atoms with Crippen LogP contribution in [0, 0.1) is 0 Å². The lowest BCUT2D eigenvalue weighted by atomic mass is 9.48. The van der Waals surface area contributed by atoms with E-state index in [-0.39, 0.29) is 23.9 Å². The second-order valence-corrected chi connectivity index (χ2v) is 14.4. The third-order valence-corrected chi connectivity index (χ3v) is 11.9. The van der Waals surface area contributed by atoms with Crippen LogP contribution in [-0.4, -0.2) is 70.0 Å². The molecule has 0 aromatic heterocycles. The highest BCUT2D eigenvalue weighted by Crippen LogP contribution is 2.65. The summed E-state index contributed by atoms with van der Waals surface area (Å²) in [4.78, 5) is 5.17. The van der Waals surface area contributed by atoms with Crippen LogP contribution in [-0.2, 0) is 24.7 Å². The van der Waals surface area contributed by atoms with Crippen molar-refractivity contribution in [2.75, 3.05) is 26.2 Å². The normalized spacial score (nSPS) is 27.7. The highest BCUT2D eigenvalue weighted by atomic mass is 16.5. The number of hydrogen-bond acceptors (Lipinski definition) is 5. The number of unbranched alkanes of at least 4 members (excludes halogenated alkanes) is 4.